The zero-order valence-electron chi connectivity index (χ0n) is 15.4. The summed E-state index contributed by atoms with van der Waals surface area (Å²) in [7, 11) is 3.19. The number of anilines is 2. The van der Waals surface area contributed by atoms with Crippen LogP contribution < -0.4 is 20.1 Å². The van der Waals surface area contributed by atoms with E-state index in [4.69, 9.17) is 21.1 Å². The zero-order valence-corrected chi connectivity index (χ0v) is 16.2. The molecule has 7 nitrogen and oxygen atoms in total. The van der Waals surface area contributed by atoms with Crippen LogP contribution in [-0.4, -0.2) is 30.3 Å². The Balaban J connectivity index is 1.59. The Hall–Kier alpha value is -3.32. The minimum Gasteiger partial charge on any atom is -0.493 e. The monoisotopic (exact) mass is 398 g/mol. The van der Waals surface area contributed by atoms with E-state index in [1.165, 1.54) is 0 Å². The van der Waals surface area contributed by atoms with Gasteiger partial charge >= 0.3 is 0 Å². The molecule has 0 unspecified atom stereocenters. The summed E-state index contributed by atoms with van der Waals surface area (Å²) in [6.07, 6.45) is 0. The molecule has 1 amide bonds. The largest absolute Gasteiger partial charge is 0.493 e. The highest BCUT2D eigenvalue weighted by Crippen LogP contribution is 2.27. The number of amides is 1. The summed E-state index contributed by atoms with van der Waals surface area (Å²) in [5.41, 5.74) is 1.45. The molecule has 144 valence electrons. The SMILES string of the molecule is COc1ccc(CNc2ccc(NC(=O)c3cccc(Cl)c3)nn2)cc1OC. The van der Waals surface area contributed by atoms with E-state index in [2.05, 4.69) is 20.8 Å². The first-order valence-corrected chi connectivity index (χ1v) is 8.82. The highest BCUT2D eigenvalue weighted by molar-refractivity contribution is 6.31. The molecule has 8 heteroatoms. The molecular weight excluding hydrogens is 380 g/mol. The Bertz CT molecular complexity index is 964. The van der Waals surface area contributed by atoms with Crippen LogP contribution in [0.1, 0.15) is 15.9 Å². The average molecular weight is 399 g/mol. The summed E-state index contributed by atoms with van der Waals surface area (Å²) in [6, 6.07) is 15.8. The summed E-state index contributed by atoms with van der Waals surface area (Å²) < 4.78 is 10.5. The van der Waals surface area contributed by atoms with Gasteiger partial charge in [-0.25, -0.2) is 0 Å². The number of nitrogens with one attached hydrogen (secondary N) is 2. The second-order valence-electron chi connectivity index (χ2n) is 5.81. The van der Waals surface area contributed by atoms with Crippen LogP contribution in [0.2, 0.25) is 5.02 Å². The number of methoxy groups -OCH3 is 2. The first-order valence-electron chi connectivity index (χ1n) is 8.44. The predicted octanol–water partition coefficient (Wildman–Crippen LogP) is 4.01. The van der Waals surface area contributed by atoms with Gasteiger partial charge in [0.25, 0.3) is 5.91 Å². The Morgan fingerprint density at radius 2 is 1.71 bits per heavy atom. The van der Waals surface area contributed by atoms with Gasteiger partial charge in [-0.3, -0.25) is 4.79 Å². The molecule has 0 saturated carbocycles. The van der Waals surface area contributed by atoms with Crippen molar-refractivity contribution >= 4 is 29.1 Å². The predicted molar refractivity (Wildman–Crippen MR) is 108 cm³/mol. The van der Waals surface area contributed by atoms with Crippen LogP contribution in [0.5, 0.6) is 11.5 Å². The van der Waals surface area contributed by atoms with E-state index in [1.54, 1.807) is 50.6 Å². The number of rotatable bonds is 7. The molecule has 0 aliphatic carbocycles. The standard InChI is InChI=1S/C20H19ClN4O3/c1-27-16-7-6-13(10-17(16)28-2)12-22-18-8-9-19(25-24-18)23-20(26)14-4-3-5-15(21)11-14/h3-11H,12H2,1-2H3,(H,22,24)(H,23,25,26). The van der Waals surface area contributed by atoms with Crippen molar-refractivity contribution in [2.75, 3.05) is 24.9 Å². The van der Waals surface area contributed by atoms with Crippen molar-refractivity contribution in [1.29, 1.82) is 0 Å². The van der Waals surface area contributed by atoms with E-state index < -0.39 is 0 Å². The Morgan fingerprint density at radius 1 is 0.964 bits per heavy atom. The van der Waals surface area contributed by atoms with E-state index in [1.807, 2.05) is 18.2 Å². The molecule has 0 radical (unpaired) electrons. The fraction of sp³-hybridized carbons (Fsp3) is 0.150. The molecule has 3 rings (SSSR count). The lowest BCUT2D eigenvalue weighted by Gasteiger charge is -2.10. The third kappa shape index (κ3) is 4.89. The fourth-order valence-electron chi connectivity index (χ4n) is 2.49. The molecule has 0 spiro atoms. The molecule has 0 saturated heterocycles. The molecule has 3 aromatic rings. The maximum absolute atomic E-state index is 12.2. The van der Waals surface area contributed by atoms with Crippen molar-refractivity contribution in [2.24, 2.45) is 0 Å². The third-order valence-corrected chi connectivity index (χ3v) is 4.15. The molecule has 0 atom stereocenters. The van der Waals surface area contributed by atoms with Crippen molar-refractivity contribution in [1.82, 2.24) is 10.2 Å². The normalized spacial score (nSPS) is 10.2. The Kier molecular flexibility index (Phi) is 6.29. The van der Waals surface area contributed by atoms with Crippen molar-refractivity contribution in [3.63, 3.8) is 0 Å². The molecule has 28 heavy (non-hydrogen) atoms. The van der Waals surface area contributed by atoms with Gasteiger partial charge in [-0.05, 0) is 48.0 Å². The lowest BCUT2D eigenvalue weighted by molar-refractivity contribution is 0.102. The van der Waals surface area contributed by atoms with Gasteiger partial charge in [-0.1, -0.05) is 23.7 Å². The topological polar surface area (TPSA) is 85.4 Å². The molecule has 0 bridgehead atoms. The minimum atomic E-state index is -0.303. The molecule has 0 fully saturated rings. The molecule has 2 N–H and O–H groups in total. The Morgan fingerprint density at radius 3 is 2.39 bits per heavy atom. The van der Waals surface area contributed by atoms with Gasteiger partial charge < -0.3 is 20.1 Å². The second kappa shape index (κ2) is 9.05. The zero-order chi connectivity index (χ0) is 19.9. The average Bonchev–Trinajstić information content (AvgIpc) is 2.73. The lowest BCUT2D eigenvalue weighted by atomic mass is 10.2. The highest BCUT2D eigenvalue weighted by Gasteiger charge is 2.08. The quantitative estimate of drug-likeness (QED) is 0.625. The van der Waals surface area contributed by atoms with E-state index in [9.17, 15) is 4.79 Å². The number of aromatic nitrogens is 2. The summed E-state index contributed by atoms with van der Waals surface area (Å²) in [4.78, 5) is 12.2. The van der Waals surface area contributed by atoms with Crippen LogP contribution >= 0.6 is 11.6 Å². The Labute approximate surface area is 167 Å². The van der Waals surface area contributed by atoms with Crippen molar-refractivity contribution in [3.8, 4) is 11.5 Å². The second-order valence-corrected chi connectivity index (χ2v) is 6.25. The van der Waals surface area contributed by atoms with E-state index >= 15 is 0 Å². The lowest BCUT2D eigenvalue weighted by Crippen LogP contribution is -2.13. The summed E-state index contributed by atoms with van der Waals surface area (Å²) in [5, 5.41) is 14.4. The van der Waals surface area contributed by atoms with Gasteiger partial charge in [-0.15, -0.1) is 10.2 Å². The van der Waals surface area contributed by atoms with E-state index in [-0.39, 0.29) is 5.91 Å². The van der Waals surface area contributed by atoms with Crippen LogP contribution in [0.25, 0.3) is 0 Å². The number of halogens is 1. The summed E-state index contributed by atoms with van der Waals surface area (Å²) in [6.45, 7) is 0.531. The van der Waals surface area contributed by atoms with Gasteiger partial charge in [0.15, 0.2) is 17.3 Å². The maximum atomic E-state index is 12.2. The number of benzene rings is 2. The van der Waals surface area contributed by atoms with Gasteiger partial charge in [0.2, 0.25) is 0 Å². The maximum Gasteiger partial charge on any atom is 0.256 e. The smallest absolute Gasteiger partial charge is 0.256 e. The van der Waals surface area contributed by atoms with Crippen LogP contribution in [0.3, 0.4) is 0 Å². The van der Waals surface area contributed by atoms with Gasteiger partial charge in [0.1, 0.15) is 5.82 Å². The van der Waals surface area contributed by atoms with Crippen LogP contribution in [0, 0.1) is 0 Å². The number of carbonyl (C=O) groups excluding carboxylic acids is 1. The van der Waals surface area contributed by atoms with Crippen molar-refractivity contribution in [2.45, 2.75) is 6.54 Å². The van der Waals surface area contributed by atoms with Gasteiger partial charge in [0, 0.05) is 17.1 Å². The molecular formula is C20H19ClN4O3. The minimum absolute atomic E-state index is 0.303. The van der Waals surface area contributed by atoms with Crippen molar-refractivity contribution in [3.05, 3.63) is 70.7 Å². The third-order valence-electron chi connectivity index (χ3n) is 3.91. The highest BCUT2D eigenvalue weighted by atomic mass is 35.5. The number of carbonyl (C=O) groups is 1. The number of nitrogens with zero attached hydrogens (tertiary/aromatic N) is 2. The molecule has 0 aliphatic heterocycles. The van der Waals surface area contributed by atoms with Crippen LogP contribution in [0.4, 0.5) is 11.6 Å². The van der Waals surface area contributed by atoms with E-state index in [0.29, 0.717) is 40.3 Å². The fourth-order valence-corrected chi connectivity index (χ4v) is 2.68. The first-order chi connectivity index (χ1) is 13.6. The molecule has 0 aliphatic rings. The number of hydrogen-bond donors (Lipinski definition) is 2. The number of hydrogen-bond acceptors (Lipinski definition) is 6. The number of ether oxygens (including phenoxy) is 2. The van der Waals surface area contributed by atoms with Gasteiger partial charge in [-0.2, -0.15) is 0 Å². The van der Waals surface area contributed by atoms with Crippen LogP contribution in [-0.2, 0) is 6.54 Å². The molecule has 1 aromatic heterocycles. The van der Waals surface area contributed by atoms with Gasteiger partial charge in [0.05, 0.1) is 14.2 Å². The summed E-state index contributed by atoms with van der Waals surface area (Å²) >= 11 is 5.90. The van der Waals surface area contributed by atoms with Crippen LogP contribution in [0.15, 0.2) is 54.6 Å². The first kappa shape index (κ1) is 19.4. The molecule has 2 aromatic carbocycles. The van der Waals surface area contributed by atoms with E-state index in [0.717, 1.165) is 5.56 Å². The summed E-state index contributed by atoms with van der Waals surface area (Å²) in [5.74, 6) is 1.96. The molecule has 1 heterocycles. The van der Waals surface area contributed by atoms with Crippen molar-refractivity contribution < 1.29 is 14.3 Å².